The van der Waals surface area contributed by atoms with Crippen LogP contribution in [0.5, 0.6) is 5.75 Å². The molecule has 21 heavy (non-hydrogen) atoms. The Bertz CT molecular complexity index is 836. The highest BCUT2D eigenvalue weighted by atomic mass is 79.9. The van der Waals surface area contributed by atoms with E-state index in [2.05, 4.69) is 25.9 Å². The van der Waals surface area contributed by atoms with E-state index in [1.54, 1.807) is 6.20 Å². The number of imidazole rings is 1. The monoisotopic (exact) mass is 363 g/mol. The summed E-state index contributed by atoms with van der Waals surface area (Å²) in [5, 5.41) is 0. The fourth-order valence-corrected chi connectivity index (χ4v) is 2.79. The second-order valence-corrected chi connectivity index (χ2v) is 6.25. The standard InChI is InChI=1S/C15H14BrN3OS/c1-9(2)20-12-5-3-11(4-6-12)19-14-13(18-15(19)21)7-10(16)8-17-14/h3-9H,1-2H3,(H,18,21). The SMILES string of the molecule is CC(C)Oc1ccc(-n2c(=S)[nH]c3cc(Br)cnc32)cc1. The van der Waals surface area contributed by atoms with Crippen LogP contribution in [0.3, 0.4) is 0 Å². The summed E-state index contributed by atoms with van der Waals surface area (Å²) in [5.74, 6) is 0.843. The minimum absolute atomic E-state index is 0.158. The lowest BCUT2D eigenvalue weighted by Crippen LogP contribution is -2.05. The molecule has 0 saturated heterocycles. The molecule has 3 rings (SSSR count). The van der Waals surface area contributed by atoms with E-state index in [1.807, 2.05) is 48.7 Å². The average Bonchev–Trinajstić information content (AvgIpc) is 2.74. The molecule has 4 nitrogen and oxygen atoms in total. The van der Waals surface area contributed by atoms with Crippen LogP contribution in [0.2, 0.25) is 0 Å². The van der Waals surface area contributed by atoms with Crippen molar-refractivity contribution >= 4 is 39.3 Å². The second kappa shape index (κ2) is 5.61. The van der Waals surface area contributed by atoms with Crippen LogP contribution in [0.1, 0.15) is 13.8 Å². The number of fused-ring (bicyclic) bond motifs is 1. The third kappa shape index (κ3) is 2.87. The maximum Gasteiger partial charge on any atom is 0.183 e. The van der Waals surface area contributed by atoms with Crippen molar-refractivity contribution in [1.82, 2.24) is 14.5 Å². The number of nitrogens with zero attached hydrogens (tertiary/aromatic N) is 2. The van der Waals surface area contributed by atoms with Crippen LogP contribution in [-0.2, 0) is 0 Å². The van der Waals surface area contributed by atoms with Crippen LogP contribution in [0.25, 0.3) is 16.9 Å². The number of aromatic amines is 1. The molecule has 0 radical (unpaired) electrons. The lowest BCUT2D eigenvalue weighted by molar-refractivity contribution is 0.242. The van der Waals surface area contributed by atoms with Crippen molar-refractivity contribution in [3.8, 4) is 11.4 Å². The normalized spacial score (nSPS) is 11.2. The van der Waals surface area contributed by atoms with E-state index in [0.29, 0.717) is 4.77 Å². The van der Waals surface area contributed by atoms with E-state index < -0.39 is 0 Å². The van der Waals surface area contributed by atoms with Gasteiger partial charge in [0.25, 0.3) is 0 Å². The number of rotatable bonds is 3. The van der Waals surface area contributed by atoms with E-state index >= 15 is 0 Å². The molecule has 1 aromatic carbocycles. The number of hydrogen-bond donors (Lipinski definition) is 1. The number of nitrogens with one attached hydrogen (secondary N) is 1. The summed E-state index contributed by atoms with van der Waals surface area (Å²) in [6.07, 6.45) is 1.92. The molecule has 0 spiro atoms. The van der Waals surface area contributed by atoms with Gasteiger partial charge in [0.1, 0.15) is 5.75 Å². The highest BCUT2D eigenvalue weighted by Gasteiger charge is 2.08. The summed E-state index contributed by atoms with van der Waals surface area (Å²) in [5.41, 5.74) is 2.66. The molecule has 0 atom stereocenters. The van der Waals surface area contributed by atoms with Crippen molar-refractivity contribution in [1.29, 1.82) is 0 Å². The van der Waals surface area contributed by atoms with Gasteiger partial charge in [-0.25, -0.2) is 4.98 Å². The van der Waals surface area contributed by atoms with Gasteiger partial charge in [-0.15, -0.1) is 0 Å². The number of halogens is 1. The average molecular weight is 364 g/mol. The van der Waals surface area contributed by atoms with E-state index in [-0.39, 0.29) is 6.10 Å². The third-order valence-electron chi connectivity index (χ3n) is 2.96. The fraction of sp³-hybridized carbons (Fsp3) is 0.200. The Morgan fingerprint density at radius 3 is 2.67 bits per heavy atom. The number of ether oxygens (including phenoxy) is 1. The van der Waals surface area contributed by atoms with Crippen LogP contribution in [-0.4, -0.2) is 20.6 Å². The zero-order chi connectivity index (χ0) is 15.0. The Hall–Kier alpha value is -1.66. The van der Waals surface area contributed by atoms with Gasteiger partial charge in [-0.05, 0) is 72.3 Å². The summed E-state index contributed by atoms with van der Waals surface area (Å²) >= 11 is 8.81. The number of benzene rings is 1. The molecule has 0 aliphatic carbocycles. The predicted octanol–water partition coefficient (Wildman–Crippen LogP) is 4.63. The Morgan fingerprint density at radius 1 is 1.29 bits per heavy atom. The number of hydrogen-bond acceptors (Lipinski definition) is 3. The molecule has 108 valence electrons. The summed E-state index contributed by atoms with van der Waals surface area (Å²) in [4.78, 5) is 7.60. The van der Waals surface area contributed by atoms with E-state index in [1.165, 1.54) is 0 Å². The van der Waals surface area contributed by atoms with Gasteiger partial charge in [-0.3, -0.25) is 4.57 Å². The Kier molecular flexibility index (Phi) is 3.82. The van der Waals surface area contributed by atoms with Gasteiger partial charge < -0.3 is 9.72 Å². The zero-order valence-corrected chi connectivity index (χ0v) is 14.0. The van der Waals surface area contributed by atoms with Crippen LogP contribution in [0.15, 0.2) is 41.0 Å². The van der Waals surface area contributed by atoms with Crippen molar-refractivity contribution < 1.29 is 4.74 Å². The molecule has 0 aliphatic rings. The first-order chi connectivity index (χ1) is 10.0. The summed E-state index contributed by atoms with van der Waals surface area (Å²) in [7, 11) is 0. The Balaban J connectivity index is 2.08. The lowest BCUT2D eigenvalue weighted by Gasteiger charge is -2.10. The molecule has 6 heteroatoms. The zero-order valence-electron chi connectivity index (χ0n) is 11.6. The molecule has 0 unspecified atom stereocenters. The van der Waals surface area contributed by atoms with Crippen LogP contribution >= 0.6 is 28.1 Å². The van der Waals surface area contributed by atoms with Crippen molar-refractivity contribution in [2.75, 3.05) is 0 Å². The van der Waals surface area contributed by atoms with Gasteiger partial charge >= 0.3 is 0 Å². The van der Waals surface area contributed by atoms with Crippen LogP contribution < -0.4 is 4.74 Å². The first-order valence-corrected chi connectivity index (χ1v) is 7.78. The van der Waals surface area contributed by atoms with Gasteiger partial charge in [0.15, 0.2) is 10.4 Å². The quantitative estimate of drug-likeness (QED) is 0.689. The summed E-state index contributed by atoms with van der Waals surface area (Å²) < 4.78 is 9.10. The van der Waals surface area contributed by atoms with E-state index in [4.69, 9.17) is 17.0 Å². The van der Waals surface area contributed by atoms with Crippen LogP contribution in [0, 0.1) is 4.77 Å². The van der Waals surface area contributed by atoms with Crippen molar-refractivity contribution in [3.05, 3.63) is 45.8 Å². The first kappa shape index (κ1) is 14.3. The van der Waals surface area contributed by atoms with Gasteiger partial charge in [0.2, 0.25) is 0 Å². The number of aromatic nitrogens is 3. The predicted molar refractivity (Wildman–Crippen MR) is 89.7 cm³/mol. The molecular formula is C15H14BrN3OS. The summed E-state index contributed by atoms with van der Waals surface area (Å²) in [6.45, 7) is 4.01. The lowest BCUT2D eigenvalue weighted by atomic mass is 10.3. The highest BCUT2D eigenvalue weighted by Crippen LogP contribution is 2.22. The molecule has 2 heterocycles. The molecular weight excluding hydrogens is 350 g/mol. The first-order valence-electron chi connectivity index (χ1n) is 6.58. The van der Waals surface area contributed by atoms with Gasteiger partial charge in [-0.1, -0.05) is 0 Å². The van der Waals surface area contributed by atoms with Crippen molar-refractivity contribution in [2.45, 2.75) is 20.0 Å². The van der Waals surface area contributed by atoms with Gasteiger partial charge in [0, 0.05) is 10.7 Å². The molecule has 1 N–H and O–H groups in total. The van der Waals surface area contributed by atoms with Gasteiger partial charge in [-0.2, -0.15) is 0 Å². The minimum atomic E-state index is 0.158. The van der Waals surface area contributed by atoms with Crippen molar-refractivity contribution in [2.24, 2.45) is 0 Å². The molecule has 3 aromatic rings. The third-order valence-corrected chi connectivity index (χ3v) is 3.67. The maximum atomic E-state index is 5.66. The molecule has 0 fully saturated rings. The van der Waals surface area contributed by atoms with Crippen LogP contribution in [0.4, 0.5) is 0 Å². The topological polar surface area (TPSA) is 42.8 Å². The molecule has 0 bridgehead atoms. The molecule has 2 aromatic heterocycles. The molecule has 0 amide bonds. The smallest absolute Gasteiger partial charge is 0.183 e. The van der Waals surface area contributed by atoms with E-state index in [9.17, 15) is 0 Å². The minimum Gasteiger partial charge on any atom is -0.491 e. The number of H-pyrrole nitrogens is 1. The summed E-state index contributed by atoms with van der Waals surface area (Å²) in [6, 6.07) is 9.80. The fourth-order valence-electron chi connectivity index (χ4n) is 2.16. The van der Waals surface area contributed by atoms with Gasteiger partial charge in [0.05, 0.1) is 17.3 Å². The molecule has 0 aliphatic heterocycles. The van der Waals surface area contributed by atoms with E-state index in [0.717, 1.165) is 27.1 Å². The Labute approximate surface area is 135 Å². The Morgan fingerprint density at radius 2 is 2.00 bits per heavy atom. The number of pyridine rings is 1. The molecule has 0 saturated carbocycles. The largest absolute Gasteiger partial charge is 0.491 e. The second-order valence-electron chi connectivity index (χ2n) is 4.95. The maximum absolute atomic E-state index is 5.66. The highest BCUT2D eigenvalue weighted by molar-refractivity contribution is 9.10. The van der Waals surface area contributed by atoms with Crippen molar-refractivity contribution in [3.63, 3.8) is 0 Å².